The van der Waals surface area contributed by atoms with E-state index in [1.165, 1.54) is 0 Å². The van der Waals surface area contributed by atoms with E-state index in [2.05, 4.69) is 31.0 Å². The van der Waals surface area contributed by atoms with Crippen molar-refractivity contribution in [2.75, 3.05) is 13.1 Å². The van der Waals surface area contributed by atoms with E-state index in [4.69, 9.17) is 5.73 Å². The lowest BCUT2D eigenvalue weighted by Gasteiger charge is -2.32. The molecular formula is C13H23N5O. The molecule has 2 heterocycles. The molecule has 1 aliphatic rings. The molecule has 1 aromatic heterocycles. The average Bonchev–Trinajstić information content (AvgIpc) is 2.81. The van der Waals surface area contributed by atoms with Crippen molar-refractivity contribution in [3.05, 3.63) is 12.2 Å². The standard InChI is InChI=1S/C13H23N5O/c1-13(2,3)6-10(7-14)12(19)17-4-5-18-9-15-16-11(18)8-17/h9-10H,4-8,14H2,1-3H3. The van der Waals surface area contributed by atoms with Crippen molar-refractivity contribution in [1.82, 2.24) is 19.7 Å². The van der Waals surface area contributed by atoms with Crippen LogP contribution in [-0.2, 0) is 17.9 Å². The fraction of sp³-hybridized carbons (Fsp3) is 0.769. The second-order valence-corrected chi connectivity index (χ2v) is 6.40. The van der Waals surface area contributed by atoms with Crippen LogP contribution in [0.15, 0.2) is 6.33 Å². The lowest BCUT2D eigenvalue weighted by Crippen LogP contribution is -2.44. The first-order valence-corrected chi connectivity index (χ1v) is 6.76. The Labute approximate surface area is 114 Å². The van der Waals surface area contributed by atoms with Crippen molar-refractivity contribution in [3.63, 3.8) is 0 Å². The summed E-state index contributed by atoms with van der Waals surface area (Å²) < 4.78 is 1.99. The Bertz CT molecular complexity index is 448. The summed E-state index contributed by atoms with van der Waals surface area (Å²) in [5.74, 6) is 0.896. The van der Waals surface area contributed by atoms with Crippen molar-refractivity contribution in [2.45, 2.75) is 40.3 Å². The Morgan fingerprint density at radius 3 is 2.84 bits per heavy atom. The van der Waals surface area contributed by atoms with E-state index in [-0.39, 0.29) is 17.2 Å². The van der Waals surface area contributed by atoms with E-state index < -0.39 is 0 Å². The molecule has 1 unspecified atom stereocenters. The van der Waals surface area contributed by atoms with Gasteiger partial charge in [0, 0.05) is 19.6 Å². The Balaban J connectivity index is 2.03. The fourth-order valence-electron chi connectivity index (χ4n) is 2.52. The first-order chi connectivity index (χ1) is 8.90. The largest absolute Gasteiger partial charge is 0.333 e. The third-order valence-corrected chi connectivity index (χ3v) is 3.44. The van der Waals surface area contributed by atoms with E-state index >= 15 is 0 Å². The maximum absolute atomic E-state index is 12.5. The van der Waals surface area contributed by atoms with Crippen LogP contribution in [0.25, 0.3) is 0 Å². The van der Waals surface area contributed by atoms with E-state index in [1.54, 1.807) is 6.33 Å². The van der Waals surface area contributed by atoms with Gasteiger partial charge in [-0.25, -0.2) is 0 Å². The number of carbonyl (C=O) groups is 1. The Morgan fingerprint density at radius 1 is 1.47 bits per heavy atom. The molecule has 1 amide bonds. The van der Waals surface area contributed by atoms with Crippen molar-refractivity contribution >= 4 is 5.91 Å². The number of fused-ring (bicyclic) bond motifs is 1. The second kappa shape index (κ2) is 5.28. The van der Waals surface area contributed by atoms with Crippen LogP contribution in [0.5, 0.6) is 0 Å². The van der Waals surface area contributed by atoms with Gasteiger partial charge in [0.15, 0.2) is 5.82 Å². The van der Waals surface area contributed by atoms with Crippen molar-refractivity contribution in [1.29, 1.82) is 0 Å². The Morgan fingerprint density at radius 2 is 2.21 bits per heavy atom. The molecule has 19 heavy (non-hydrogen) atoms. The van der Waals surface area contributed by atoms with Crippen molar-refractivity contribution in [3.8, 4) is 0 Å². The number of amides is 1. The molecule has 0 saturated carbocycles. The predicted octanol–water partition coefficient (Wildman–Crippen LogP) is 0.631. The van der Waals surface area contributed by atoms with Gasteiger partial charge in [-0.2, -0.15) is 0 Å². The molecule has 0 aromatic carbocycles. The van der Waals surface area contributed by atoms with Crippen LogP contribution in [0.3, 0.4) is 0 Å². The monoisotopic (exact) mass is 265 g/mol. The van der Waals surface area contributed by atoms with Crippen molar-refractivity contribution in [2.24, 2.45) is 17.1 Å². The van der Waals surface area contributed by atoms with Gasteiger partial charge in [-0.3, -0.25) is 4.79 Å². The van der Waals surface area contributed by atoms with E-state index in [0.717, 1.165) is 18.8 Å². The van der Waals surface area contributed by atoms with Gasteiger partial charge in [0.05, 0.1) is 12.5 Å². The minimum atomic E-state index is -0.102. The molecule has 1 atom stereocenters. The zero-order valence-electron chi connectivity index (χ0n) is 12.0. The van der Waals surface area contributed by atoms with Gasteiger partial charge < -0.3 is 15.2 Å². The second-order valence-electron chi connectivity index (χ2n) is 6.40. The fourth-order valence-corrected chi connectivity index (χ4v) is 2.52. The van der Waals surface area contributed by atoms with Crippen LogP contribution < -0.4 is 5.73 Å². The number of rotatable bonds is 3. The van der Waals surface area contributed by atoms with E-state index in [1.807, 2.05) is 9.47 Å². The molecule has 1 aromatic rings. The minimum absolute atomic E-state index is 0.102. The molecule has 6 nitrogen and oxygen atoms in total. The summed E-state index contributed by atoms with van der Waals surface area (Å²) in [6, 6.07) is 0. The highest BCUT2D eigenvalue weighted by molar-refractivity contribution is 5.79. The summed E-state index contributed by atoms with van der Waals surface area (Å²) in [7, 11) is 0. The summed E-state index contributed by atoms with van der Waals surface area (Å²) in [6.45, 7) is 8.82. The molecule has 2 rings (SSSR count). The zero-order valence-corrected chi connectivity index (χ0v) is 12.0. The van der Waals surface area contributed by atoms with Crippen LogP contribution in [0, 0.1) is 11.3 Å². The SMILES string of the molecule is CC(C)(C)CC(CN)C(=O)N1CCn2cnnc2C1. The molecule has 2 N–H and O–H groups in total. The van der Waals surface area contributed by atoms with Crippen LogP contribution in [-0.4, -0.2) is 38.7 Å². The highest BCUT2D eigenvalue weighted by Crippen LogP contribution is 2.26. The zero-order chi connectivity index (χ0) is 14.0. The van der Waals surface area contributed by atoms with Crippen LogP contribution >= 0.6 is 0 Å². The summed E-state index contributed by atoms with van der Waals surface area (Å²) in [5, 5.41) is 7.91. The third kappa shape index (κ3) is 3.32. The van der Waals surface area contributed by atoms with Crippen molar-refractivity contribution < 1.29 is 4.79 Å². The summed E-state index contributed by atoms with van der Waals surface area (Å²) in [6.07, 6.45) is 2.53. The quantitative estimate of drug-likeness (QED) is 0.869. The van der Waals surface area contributed by atoms with Gasteiger partial charge in [0.25, 0.3) is 0 Å². The molecule has 1 aliphatic heterocycles. The summed E-state index contributed by atoms with van der Waals surface area (Å²) in [5.41, 5.74) is 5.89. The first kappa shape index (κ1) is 14.0. The number of carbonyl (C=O) groups excluding carboxylic acids is 1. The molecule has 0 aliphatic carbocycles. The van der Waals surface area contributed by atoms with Gasteiger partial charge >= 0.3 is 0 Å². The third-order valence-electron chi connectivity index (χ3n) is 3.44. The maximum atomic E-state index is 12.5. The minimum Gasteiger partial charge on any atom is -0.333 e. The first-order valence-electron chi connectivity index (χ1n) is 6.76. The number of nitrogens with two attached hydrogens (primary N) is 1. The predicted molar refractivity (Wildman–Crippen MR) is 72.1 cm³/mol. The lowest BCUT2D eigenvalue weighted by molar-refractivity contribution is -0.137. The van der Waals surface area contributed by atoms with Crippen LogP contribution in [0.2, 0.25) is 0 Å². The molecule has 0 spiro atoms. The Kier molecular flexibility index (Phi) is 3.89. The highest BCUT2D eigenvalue weighted by Gasteiger charge is 2.30. The molecule has 6 heteroatoms. The van der Waals surface area contributed by atoms with Gasteiger partial charge in [0.1, 0.15) is 6.33 Å². The molecule has 0 bridgehead atoms. The van der Waals surface area contributed by atoms with Crippen LogP contribution in [0.4, 0.5) is 0 Å². The summed E-state index contributed by atoms with van der Waals surface area (Å²) >= 11 is 0. The number of nitrogens with zero attached hydrogens (tertiary/aromatic N) is 4. The lowest BCUT2D eigenvalue weighted by atomic mass is 9.84. The average molecular weight is 265 g/mol. The maximum Gasteiger partial charge on any atom is 0.227 e. The topological polar surface area (TPSA) is 77.0 Å². The molecule has 0 radical (unpaired) electrons. The number of aromatic nitrogens is 3. The molecular weight excluding hydrogens is 242 g/mol. The highest BCUT2D eigenvalue weighted by atomic mass is 16.2. The molecule has 0 saturated heterocycles. The van der Waals surface area contributed by atoms with E-state index in [9.17, 15) is 4.79 Å². The molecule has 0 fully saturated rings. The smallest absolute Gasteiger partial charge is 0.227 e. The normalized spacial score (nSPS) is 17.2. The van der Waals surface area contributed by atoms with Gasteiger partial charge in [0.2, 0.25) is 5.91 Å². The number of hydrogen-bond donors (Lipinski definition) is 1. The van der Waals surface area contributed by atoms with Gasteiger partial charge in [-0.15, -0.1) is 10.2 Å². The van der Waals surface area contributed by atoms with E-state index in [0.29, 0.717) is 19.6 Å². The van der Waals surface area contributed by atoms with Gasteiger partial charge in [-0.1, -0.05) is 20.8 Å². The molecule has 106 valence electrons. The van der Waals surface area contributed by atoms with Gasteiger partial charge in [-0.05, 0) is 11.8 Å². The number of hydrogen-bond acceptors (Lipinski definition) is 4. The van der Waals surface area contributed by atoms with Crippen LogP contribution in [0.1, 0.15) is 33.0 Å². The Hall–Kier alpha value is -1.43. The summed E-state index contributed by atoms with van der Waals surface area (Å²) in [4.78, 5) is 14.4.